The maximum absolute atomic E-state index is 12.5. The van der Waals surface area contributed by atoms with Gasteiger partial charge in [0.1, 0.15) is 12.1 Å². The van der Waals surface area contributed by atoms with Crippen molar-refractivity contribution >= 4 is 17.9 Å². The summed E-state index contributed by atoms with van der Waals surface area (Å²) in [6.45, 7) is 3.89. The SMILES string of the molecule is CCCOC(=O)CN1C(=O)N[C@]2(CCCC[C@@H]2C)C1=O. The summed E-state index contributed by atoms with van der Waals surface area (Å²) in [4.78, 5) is 37.2. The van der Waals surface area contributed by atoms with Crippen LogP contribution in [0, 0.1) is 5.92 Å². The van der Waals surface area contributed by atoms with Crippen LogP contribution in [0.3, 0.4) is 0 Å². The Bertz CT molecular complexity index is 423. The van der Waals surface area contributed by atoms with E-state index in [-0.39, 0.29) is 18.4 Å². The molecule has 2 fully saturated rings. The Kier molecular flexibility index (Phi) is 4.30. The number of imide groups is 1. The minimum absolute atomic E-state index is 0.101. The minimum atomic E-state index is -0.805. The Morgan fingerprint density at radius 2 is 2.20 bits per heavy atom. The van der Waals surface area contributed by atoms with Gasteiger partial charge >= 0.3 is 12.0 Å². The first-order valence-corrected chi connectivity index (χ1v) is 7.31. The van der Waals surface area contributed by atoms with Crippen molar-refractivity contribution < 1.29 is 19.1 Å². The van der Waals surface area contributed by atoms with E-state index in [0.717, 1.165) is 24.2 Å². The number of nitrogens with zero attached hydrogens (tertiary/aromatic N) is 1. The lowest BCUT2D eigenvalue weighted by atomic mass is 9.73. The van der Waals surface area contributed by atoms with Crippen molar-refractivity contribution in [2.45, 2.75) is 51.5 Å². The van der Waals surface area contributed by atoms with Gasteiger partial charge in [-0.05, 0) is 25.2 Å². The van der Waals surface area contributed by atoms with Crippen molar-refractivity contribution in [3.8, 4) is 0 Å². The van der Waals surface area contributed by atoms with E-state index in [4.69, 9.17) is 4.74 Å². The number of carbonyl (C=O) groups is 3. The Morgan fingerprint density at radius 1 is 1.45 bits per heavy atom. The van der Waals surface area contributed by atoms with Crippen LogP contribution in [0.25, 0.3) is 0 Å². The van der Waals surface area contributed by atoms with Crippen LogP contribution in [0.15, 0.2) is 0 Å². The van der Waals surface area contributed by atoms with Crippen molar-refractivity contribution in [3.05, 3.63) is 0 Å². The quantitative estimate of drug-likeness (QED) is 0.625. The average Bonchev–Trinajstić information content (AvgIpc) is 2.65. The third kappa shape index (κ3) is 2.51. The van der Waals surface area contributed by atoms with Gasteiger partial charge in [0.2, 0.25) is 0 Å². The monoisotopic (exact) mass is 282 g/mol. The number of amides is 3. The van der Waals surface area contributed by atoms with Crippen LogP contribution in [-0.4, -0.2) is 41.5 Å². The molecule has 1 spiro atoms. The summed E-state index contributed by atoms with van der Waals surface area (Å²) in [6.07, 6.45) is 4.28. The molecule has 6 heteroatoms. The highest BCUT2D eigenvalue weighted by Crippen LogP contribution is 2.38. The van der Waals surface area contributed by atoms with Crippen molar-refractivity contribution in [2.24, 2.45) is 5.92 Å². The first kappa shape index (κ1) is 14.8. The van der Waals surface area contributed by atoms with Gasteiger partial charge in [0.05, 0.1) is 6.61 Å². The van der Waals surface area contributed by atoms with Crippen LogP contribution in [0.4, 0.5) is 4.79 Å². The van der Waals surface area contributed by atoms with Crippen LogP contribution < -0.4 is 5.32 Å². The smallest absolute Gasteiger partial charge is 0.326 e. The largest absolute Gasteiger partial charge is 0.464 e. The summed E-state index contributed by atoms with van der Waals surface area (Å²) < 4.78 is 4.94. The van der Waals surface area contributed by atoms with E-state index in [2.05, 4.69) is 5.32 Å². The highest BCUT2D eigenvalue weighted by Gasteiger charge is 2.55. The van der Waals surface area contributed by atoms with E-state index < -0.39 is 17.5 Å². The van der Waals surface area contributed by atoms with E-state index in [9.17, 15) is 14.4 Å². The summed E-state index contributed by atoms with van der Waals surface area (Å²) in [5.74, 6) is -0.705. The Hall–Kier alpha value is -1.59. The fourth-order valence-corrected chi connectivity index (χ4v) is 3.03. The lowest BCUT2D eigenvalue weighted by molar-refractivity contribution is -0.148. The summed E-state index contributed by atoms with van der Waals surface area (Å²) in [6, 6.07) is -0.475. The van der Waals surface area contributed by atoms with Crippen molar-refractivity contribution in [2.75, 3.05) is 13.2 Å². The second kappa shape index (κ2) is 5.81. The topological polar surface area (TPSA) is 75.7 Å². The summed E-state index contributed by atoms with van der Waals surface area (Å²) in [5.41, 5.74) is -0.805. The van der Waals surface area contributed by atoms with Gasteiger partial charge in [0.15, 0.2) is 0 Å². The van der Waals surface area contributed by atoms with E-state index >= 15 is 0 Å². The standard InChI is InChI=1S/C14H22N2O4/c1-3-8-20-11(17)9-16-12(18)14(15-13(16)19)7-5-4-6-10(14)2/h10H,3-9H2,1-2H3,(H,15,19)/t10-,14-/m0/s1. The molecule has 1 aliphatic carbocycles. The predicted octanol–water partition coefficient (Wildman–Crippen LogP) is 1.44. The predicted molar refractivity (Wildman–Crippen MR) is 71.9 cm³/mol. The lowest BCUT2D eigenvalue weighted by Crippen LogP contribution is -2.54. The van der Waals surface area contributed by atoms with Crippen molar-refractivity contribution in [1.29, 1.82) is 0 Å². The van der Waals surface area contributed by atoms with E-state index in [1.54, 1.807) is 0 Å². The van der Waals surface area contributed by atoms with Gasteiger partial charge in [-0.25, -0.2) is 4.79 Å². The lowest BCUT2D eigenvalue weighted by Gasteiger charge is -2.36. The molecule has 0 radical (unpaired) electrons. The normalized spacial score (nSPS) is 29.7. The zero-order valence-corrected chi connectivity index (χ0v) is 12.1. The number of urea groups is 1. The van der Waals surface area contributed by atoms with Gasteiger partial charge in [-0.3, -0.25) is 14.5 Å². The van der Waals surface area contributed by atoms with Crippen molar-refractivity contribution in [3.63, 3.8) is 0 Å². The van der Waals surface area contributed by atoms with E-state index in [1.165, 1.54) is 0 Å². The van der Waals surface area contributed by atoms with E-state index in [0.29, 0.717) is 19.4 Å². The Morgan fingerprint density at radius 3 is 2.85 bits per heavy atom. The molecule has 20 heavy (non-hydrogen) atoms. The van der Waals surface area contributed by atoms with Crippen LogP contribution in [0.2, 0.25) is 0 Å². The van der Waals surface area contributed by atoms with Gasteiger partial charge in [-0.15, -0.1) is 0 Å². The number of hydrogen-bond donors (Lipinski definition) is 1. The molecular formula is C14H22N2O4. The molecule has 2 aliphatic rings. The summed E-state index contributed by atoms with van der Waals surface area (Å²) in [5, 5.41) is 2.81. The van der Waals surface area contributed by atoms with Crippen LogP contribution >= 0.6 is 0 Å². The molecule has 1 saturated heterocycles. The highest BCUT2D eigenvalue weighted by atomic mass is 16.5. The van der Waals surface area contributed by atoms with Gasteiger partial charge < -0.3 is 10.1 Å². The molecule has 2 rings (SSSR count). The van der Waals surface area contributed by atoms with Crippen LogP contribution in [0.1, 0.15) is 46.0 Å². The van der Waals surface area contributed by atoms with Gasteiger partial charge in [0.25, 0.3) is 5.91 Å². The fourth-order valence-electron chi connectivity index (χ4n) is 3.03. The number of hydrogen-bond acceptors (Lipinski definition) is 4. The number of esters is 1. The first-order valence-electron chi connectivity index (χ1n) is 7.31. The number of nitrogens with one attached hydrogen (secondary N) is 1. The molecule has 0 unspecified atom stereocenters. The minimum Gasteiger partial charge on any atom is -0.464 e. The Balaban J connectivity index is 2.07. The summed E-state index contributed by atoms with van der Waals surface area (Å²) in [7, 11) is 0. The molecule has 0 bridgehead atoms. The third-order valence-corrected chi connectivity index (χ3v) is 4.26. The third-order valence-electron chi connectivity index (χ3n) is 4.26. The molecule has 1 saturated carbocycles. The van der Waals surface area contributed by atoms with Crippen molar-refractivity contribution in [1.82, 2.24) is 10.2 Å². The van der Waals surface area contributed by atoms with Gasteiger partial charge in [-0.1, -0.05) is 26.7 Å². The molecule has 3 amide bonds. The molecule has 1 aliphatic heterocycles. The van der Waals surface area contributed by atoms with Crippen LogP contribution in [-0.2, 0) is 14.3 Å². The molecule has 6 nitrogen and oxygen atoms in total. The molecule has 1 N–H and O–H groups in total. The van der Waals surface area contributed by atoms with Gasteiger partial charge in [0, 0.05) is 0 Å². The number of ether oxygens (including phenoxy) is 1. The molecule has 0 aromatic rings. The zero-order chi connectivity index (χ0) is 14.8. The second-order valence-electron chi connectivity index (χ2n) is 5.66. The van der Waals surface area contributed by atoms with E-state index in [1.807, 2.05) is 13.8 Å². The molecular weight excluding hydrogens is 260 g/mol. The fraction of sp³-hybridized carbons (Fsp3) is 0.786. The molecule has 1 heterocycles. The second-order valence-corrected chi connectivity index (χ2v) is 5.66. The average molecular weight is 282 g/mol. The molecule has 0 aromatic heterocycles. The number of rotatable bonds is 4. The molecule has 2 atom stereocenters. The maximum atomic E-state index is 12.5. The zero-order valence-electron chi connectivity index (χ0n) is 12.1. The molecule has 0 aromatic carbocycles. The first-order chi connectivity index (χ1) is 9.51. The van der Waals surface area contributed by atoms with Crippen LogP contribution in [0.5, 0.6) is 0 Å². The highest BCUT2D eigenvalue weighted by molar-refractivity contribution is 6.08. The molecule has 112 valence electrons. The maximum Gasteiger partial charge on any atom is 0.326 e. The number of carbonyl (C=O) groups excluding carboxylic acids is 3. The Labute approximate surface area is 118 Å². The summed E-state index contributed by atoms with van der Waals surface area (Å²) >= 11 is 0. The van der Waals surface area contributed by atoms with Gasteiger partial charge in [-0.2, -0.15) is 0 Å².